The molecule has 0 aliphatic carbocycles. The molecule has 26 heavy (non-hydrogen) atoms. The van der Waals surface area contributed by atoms with Crippen LogP contribution in [0.15, 0.2) is 12.2 Å². The van der Waals surface area contributed by atoms with E-state index >= 15 is 0 Å². The SMILES string of the molecule is CCCCCCCC/C=C\COC(=O)CCCCCCCCCCCBr. The Morgan fingerprint density at radius 3 is 1.88 bits per heavy atom. The minimum absolute atomic E-state index is 0.0380. The van der Waals surface area contributed by atoms with Crippen molar-refractivity contribution in [1.82, 2.24) is 0 Å². The van der Waals surface area contributed by atoms with Crippen LogP contribution in [-0.4, -0.2) is 17.9 Å². The van der Waals surface area contributed by atoms with E-state index in [1.165, 1.54) is 83.5 Å². The molecule has 2 nitrogen and oxygen atoms in total. The second-order valence-electron chi connectivity index (χ2n) is 7.33. The van der Waals surface area contributed by atoms with Crippen LogP contribution in [0.2, 0.25) is 0 Å². The Kier molecular flexibility index (Phi) is 22.5. The van der Waals surface area contributed by atoms with Gasteiger partial charge in [0, 0.05) is 11.8 Å². The zero-order valence-corrected chi connectivity index (χ0v) is 18.9. The molecule has 0 aliphatic rings. The van der Waals surface area contributed by atoms with Gasteiger partial charge >= 0.3 is 5.97 Å². The molecule has 0 saturated carbocycles. The van der Waals surface area contributed by atoms with Crippen molar-refractivity contribution < 1.29 is 9.53 Å². The number of halogens is 1. The Bertz CT molecular complexity index is 315. The Morgan fingerprint density at radius 1 is 0.731 bits per heavy atom. The predicted molar refractivity (Wildman–Crippen MR) is 118 cm³/mol. The lowest BCUT2D eigenvalue weighted by Gasteiger charge is -2.03. The summed E-state index contributed by atoms with van der Waals surface area (Å²) in [7, 11) is 0. The van der Waals surface area contributed by atoms with E-state index < -0.39 is 0 Å². The van der Waals surface area contributed by atoms with Gasteiger partial charge < -0.3 is 4.74 Å². The number of ether oxygens (including phenoxy) is 1. The fraction of sp³-hybridized carbons (Fsp3) is 0.870. The topological polar surface area (TPSA) is 26.3 Å². The minimum atomic E-state index is -0.0380. The average Bonchev–Trinajstić information content (AvgIpc) is 2.64. The lowest BCUT2D eigenvalue weighted by molar-refractivity contribution is -0.142. The van der Waals surface area contributed by atoms with Crippen molar-refractivity contribution in [3.05, 3.63) is 12.2 Å². The molecular weight excluding hydrogens is 388 g/mol. The van der Waals surface area contributed by atoms with Crippen LogP contribution < -0.4 is 0 Å². The van der Waals surface area contributed by atoms with Gasteiger partial charge in [-0.2, -0.15) is 0 Å². The molecule has 0 aromatic rings. The van der Waals surface area contributed by atoms with Crippen LogP contribution in [-0.2, 0) is 9.53 Å². The van der Waals surface area contributed by atoms with E-state index in [0.29, 0.717) is 13.0 Å². The largest absolute Gasteiger partial charge is 0.461 e. The normalized spacial score (nSPS) is 11.3. The Hall–Kier alpha value is -0.310. The molecule has 0 bridgehead atoms. The predicted octanol–water partition coefficient (Wildman–Crippen LogP) is 8.13. The van der Waals surface area contributed by atoms with E-state index in [1.807, 2.05) is 6.08 Å². The number of carbonyl (C=O) groups is 1. The molecule has 154 valence electrons. The molecule has 0 radical (unpaired) electrons. The maximum absolute atomic E-state index is 11.7. The first-order chi connectivity index (χ1) is 12.8. The number of hydrogen-bond acceptors (Lipinski definition) is 2. The highest BCUT2D eigenvalue weighted by Gasteiger charge is 2.01. The summed E-state index contributed by atoms with van der Waals surface area (Å²) in [5, 5.41) is 1.14. The summed E-state index contributed by atoms with van der Waals surface area (Å²) in [6.07, 6.45) is 25.2. The summed E-state index contributed by atoms with van der Waals surface area (Å²) in [4.78, 5) is 11.7. The Labute approximate surface area is 171 Å². The van der Waals surface area contributed by atoms with Gasteiger partial charge in [0.15, 0.2) is 0 Å². The third kappa shape index (κ3) is 21.7. The van der Waals surface area contributed by atoms with E-state index in [2.05, 4.69) is 28.9 Å². The number of rotatable bonds is 20. The summed E-state index contributed by atoms with van der Waals surface area (Å²) in [5.41, 5.74) is 0. The van der Waals surface area contributed by atoms with Gasteiger partial charge in [0.2, 0.25) is 0 Å². The summed E-state index contributed by atoms with van der Waals surface area (Å²) in [6.45, 7) is 2.70. The van der Waals surface area contributed by atoms with Crippen molar-refractivity contribution >= 4 is 21.9 Å². The number of unbranched alkanes of at least 4 members (excludes halogenated alkanes) is 14. The van der Waals surface area contributed by atoms with Gasteiger partial charge in [0.05, 0.1) is 0 Å². The third-order valence-electron chi connectivity index (χ3n) is 4.75. The minimum Gasteiger partial charge on any atom is -0.461 e. The van der Waals surface area contributed by atoms with Crippen molar-refractivity contribution in [3.8, 4) is 0 Å². The molecule has 0 aliphatic heterocycles. The monoisotopic (exact) mass is 430 g/mol. The molecule has 0 heterocycles. The molecule has 0 amide bonds. The lowest BCUT2D eigenvalue weighted by Crippen LogP contribution is -2.03. The van der Waals surface area contributed by atoms with Gasteiger partial charge in [-0.3, -0.25) is 4.79 Å². The van der Waals surface area contributed by atoms with Gasteiger partial charge in [0.25, 0.3) is 0 Å². The van der Waals surface area contributed by atoms with Gasteiger partial charge in [0.1, 0.15) is 6.61 Å². The summed E-state index contributed by atoms with van der Waals surface area (Å²) < 4.78 is 5.25. The molecule has 3 heteroatoms. The summed E-state index contributed by atoms with van der Waals surface area (Å²) in [6, 6.07) is 0. The van der Waals surface area contributed by atoms with Crippen LogP contribution in [0.25, 0.3) is 0 Å². The van der Waals surface area contributed by atoms with Gasteiger partial charge in [-0.05, 0) is 25.7 Å². The Morgan fingerprint density at radius 2 is 1.27 bits per heavy atom. The fourth-order valence-corrected chi connectivity index (χ4v) is 3.44. The Balaban J connectivity index is 3.23. The molecule has 0 rings (SSSR count). The molecule has 0 N–H and O–H groups in total. The molecular formula is C23H43BrO2. The van der Waals surface area contributed by atoms with E-state index in [4.69, 9.17) is 4.74 Å². The van der Waals surface area contributed by atoms with E-state index in [1.54, 1.807) is 0 Å². The third-order valence-corrected chi connectivity index (χ3v) is 5.31. The molecule has 0 saturated heterocycles. The van der Waals surface area contributed by atoms with Crippen molar-refractivity contribution in [2.75, 3.05) is 11.9 Å². The van der Waals surface area contributed by atoms with E-state index in [0.717, 1.165) is 24.6 Å². The molecule has 0 atom stereocenters. The number of alkyl halides is 1. The van der Waals surface area contributed by atoms with Crippen molar-refractivity contribution in [2.24, 2.45) is 0 Å². The zero-order valence-electron chi connectivity index (χ0n) is 17.3. The first kappa shape index (κ1) is 25.7. The molecule has 0 fully saturated rings. The number of esters is 1. The number of allylic oxidation sites excluding steroid dienone is 1. The van der Waals surface area contributed by atoms with Crippen molar-refractivity contribution in [1.29, 1.82) is 0 Å². The quantitative estimate of drug-likeness (QED) is 0.0842. The fourth-order valence-electron chi connectivity index (χ4n) is 3.04. The maximum Gasteiger partial charge on any atom is 0.306 e. The highest BCUT2D eigenvalue weighted by Crippen LogP contribution is 2.11. The first-order valence-corrected chi connectivity index (χ1v) is 12.3. The van der Waals surface area contributed by atoms with Crippen LogP contribution in [0.1, 0.15) is 116 Å². The average molecular weight is 431 g/mol. The van der Waals surface area contributed by atoms with Crippen LogP contribution in [0.5, 0.6) is 0 Å². The number of carbonyl (C=O) groups excluding carboxylic acids is 1. The maximum atomic E-state index is 11.7. The molecule has 0 spiro atoms. The van der Waals surface area contributed by atoms with Gasteiger partial charge in [-0.15, -0.1) is 0 Å². The summed E-state index contributed by atoms with van der Waals surface area (Å²) >= 11 is 3.47. The second-order valence-corrected chi connectivity index (χ2v) is 8.12. The van der Waals surface area contributed by atoms with Crippen molar-refractivity contribution in [3.63, 3.8) is 0 Å². The van der Waals surface area contributed by atoms with Crippen LogP contribution in [0, 0.1) is 0 Å². The van der Waals surface area contributed by atoms with Crippen LogP contribution in [0.3, 0.4) is 0 Å². The molecule has 0 unspecified atom stereocenters. The van der Waals surface area contributed by atoms with Crippen LogP contribution in [0.4, 0.5) is 0 Å². The highest BCUT2D eigenvalue weighted by atomic mass is 79.9. The lowest BCUT2D eigenvalue weighted by atomic mass is 10.1. The van der Waals surface area contributed by atoms with Crippen molar-refractivity contribution in [2.45, 2.75) is 116 Å². The molecule has 0 aromatic carbocycles. The smallest absolute Gasteiger partial charge is 0.306 e. The second kappa shape index (κ2) is 22.7. The van der Waals surface area contributed by atoms with Gasteiger partial charge in [-0.1, -0.05) is 112 Å². The summed E-state index contributed by atoms with van der Waals surface area (Å²) in [5.74, 6) is -0.0380. The standard InChI is InChI=1S/C23H43BrO2/c1-2-3-4-5-6-10-13-16-19-22-26-23(25)20-17-14-11-8-7-9-12-15-18-21-24/h16,19H,2-15,17-18,20-22H2,1H3/b19-16-. The van der Waals surface area contributed by atoms with Crippen LogP contribution >= 0.6 is 15.9 Å². The molecule has 0 aromatic heterocycles. The number of hydrogen-bond donors (Lipinski definition) is 0. The van der Waals surface area contributed by atoms with E-state index in [9.17, 15) is 4.79 Å². The van der Waals surface area contributed by atoms with E-state index in [-0.39, 0.29) is 5.97 Å². The zero-order chi connectivity index (χ0) is 19.1. The van der Waals surface area contributed by atoms with Gasteiger partial charge in [-0.25, -0.2) is 0 Å². The highest BCUT2D eigenvalue weighted by molar-refractivity contribution is 9.09. The first-order valence-electron chi connectivity index (χ1n) is 11.2.